The predicted octanol–water partition coefficient (Wildman–Crippen LogP) is 4.88. The monoisotopic (exact) mass is 355 g/mol. The summed E-state index contributed by atoms with van der Waals surface area (Å²) in [6.45, 7) is 1.91. The number of hydrogen-bond donors (Lipinski definition) is 0. The zero-order chi connectivity index (χ0) is 18.3. The Bertz CT molecular complexity index is 845. The third-order valence-corrected chi connectivity index (χ3v) is 5.34. The van der Waals surface area contributed by atoms with Gasteiger partial charge in [0.15, 0.2) is 17.3 Å². The molecule has 1 unspecified atom stereocenters. The molecule has 1 aliphatic carbocycles. The summed E-state index contributed by atoms with van der Waals surface area (Å²) in [4.78, 5) is 14.4. The topological polar surface area (TPSA) is 38.8 Å². The molecule has 0 saturated heterocycles. The van der Waals surface area contributed by atoms with Gasteiger partial charge >= 0.3 is 0 Å². The molecule has 2 aromatic carbocycles. The molecule has 0 bridgehead atoms. The van der Waals surface area contributed by atoms with E-state index in [9.17, 15) is 9.18 Å². The van der Waals surface area contributed by atoms with Gasteiger partial charge in [0.25, 0.3) is 5.91 Å². The van der Waals surface area contributed by atoms with Gasteiger partial charge < -0.3 is 9.47 Å². The molecule has 0 N–H and O–H groups in total. The number of fused-ring (bicyclic) bond motifs is 1. The van der Waals surface area contributed by atoms with Gasteiger partial charge in [0.1, 0.15) is 0 Å². The van der Waals surface area contributed by atoms with Gasteiger partial charge in [0, 0.05) is 17.7 Å². The Morgan fingerprint density at radius 2 is 1.85 bits per heavy atom. The summed E-state index contributed by atoms with van der Waals surface area (Å²) in [7, 11) is 1.50. The number of methoxy groups -OCH3 is 1. The number of ether oxygens (including phenoxy) is 2. The number of nitrogens with zero attached hydrogens (tertiary/aromatic N) is 1. The second-order valence-electron chi connectivity index (χ2n) is 6.92. The van der Waals surface area contributed by atoms with E-state index in [1.165, 1.54) is 18.1 Å². The lowest BCUT2D eigenvalue weighted by molar-refractivity contribution is 0.0991. The van der Waals surface area contributed by atoms with Crippen LogP contribution in [0.3, 0.4) is 0 Å². The smallest absolute Gasteiger partial charge is 0.259 e. The molecule has 26 heavy (non-hydrogen) atoms. The molecule has 1 aliphatic heterocycles. The molecular weight excluding hydrogens is 333 g/mol. The number of benzene rings is 2. The van der Waals surface area contributed by atoms with Crippen molar-refractivity contribution in [2.24, 2.45) is 0 Å². The van der Waals surface area contributed by atoms with Gasteiger partial charge in [-0.2, -0.15) is 0 Å². The van der Waals surface area contributed by atoms with E-state index >= 15 is 0 Å². The van der Waals surface area contributed by atoms with Crippen LogP contribution in [0.4, 0.5) is 10.1 Å². The quantitative estimate of drug-likeness (QED) is 0.785. The van der Waals surface area contributed by atoms with Gasteiger partial charge in [-0.3, -0.25) is 9.69 Å². The van der Waals surface area contributed by atoms with Crippen molar-refractivity contribution in [2.75, 3.05) is 12.0 Å². The van der Waals surface area contributed by atoms with Crippen LogP contribution in [0.5, 0.6) is 11.5 Å². The molecule has 0 radical (unpaired) electrons. The Morgan fingerprint density at radius 1 is 1.12 bits per heavy atom. The summed E-state index contributed by atoms with van der Waals surface area (Å²) in [6, 6.07) is 10.1. The van der Waals surface area contributed by atoms with Crippen LogP contribution in [-0.2, 0) is 0 Å². The average Bonchev–Trinajstić information content (AvgIpc) is 3.24. The molecule has 4 nitrogen and oxygen atoms in total. The zero-order valence-electron chi connectivity index (χ0n) is 15.0. The van der Waals surface area contributed by atoms with Gasteiger partial charge in [-0.15, -0.1) is 0 Å². The van der Waals surface area contributed by atoms with Crippen molar-refractivity contribution in [3.63, 3.8) is 0 Å². The first-order valence-corrected chi connectivity index (χ1v) is 9.07. The molecule has 1 atom stereocenters. The minimum atomic E-state index is -0.492. The fourth-order valence-corrected chi connectivity index (χ4v) is 3.97. The lowest BCUT2D eigenvalue weighted by Gasteiger charge is -2.25. The highest BCUT2D eigenvalue weighted by atomic mass is 19.1. The molecule has 2 aromatic rings. The summed E-state index contributed by atoms with van der Waals surface area (Å²) >= 11 is 0. The zero-order valence-corrected chi connectivity index (χ0v) is 15.0. The van der Waals surface area contributed by atoms with E-state index in [4.69, 9.17) is 9.47 Å². The largest absolute Gasteiger partial charge is 0.493 e. The number of amides is 1. The first-order chi connectivity index (χ1) is 12.6. The van der Waals surface area contributed by atoms with E-state index in [1.807, 2.05) is 25.1 Å². The van der Waals surface area contributed by atoms with Crippen molar-refractivity contribution in [3.05, 3.63) is 53.3 Å². The number of carbonyl (C=O) groups is 1. The first-order valence-electron chi connectivity index (χ1n) is 9.07. The summed E-state index contributed by atoms with van der Waals surface area (Å²) in [5.41, 5.74) is 1.76. The van der Waals surface area contributed by atoms with Crippen molar-refractivity contribution in [1.29, 1.82) is 0 Å². The van der Waals surface area contributed by atoms with Crippen molar-refractivity contribution in [2.45, 2.75) is 44.8 Å². The van der Waals surface area contributed by atoms with Gasteiger partial charge in [0.05, 0.1) is 24.9 Å². The number of halogens is 1. The van der Waals surface area contributed by atoms with E-state index < -0.39 is 5.82 Å². The second kappa shape index (κ2) is 6.63. The summed E-state index contributed by atoms with van der Waals surface area (Å²) < 4.78 is 26.2. The fourth-order valence-electron chi connectivity index (χ4n) is 3.97. The minimum absolute atomic E-state index is 0.117. The van der Waals surface area contributed by atoms with Gasteiger partial charge in [-0.25, -0.2) is 4.39 Å². The minimum Gasteiger partial charge on any atom is -0.493 e. The van der Waals surface area contributed by atoms with Crippen LogP contribution >= 0.6 is 0 Å². The molecule has 136 valence electrons. The van der Waals surface area contributed by atoms with Gasteiger partial charge in [-0.05, 0) is 44.2 Å². The van der Waals surface area contributed by atoms with Crippen molar-refractivity contribution in [1.82, 2.24) is 0 Å². The molecule has 1 heterocycles. The van der Waals surface area contributed by atoms with E-state index in [0.29, 0.717) is 17.1 Å². The summed E-state index contributed by atoms with van der Waals surface area (Å²) in [6.07, 6.45) is 4.36. The molecular formula is C21H22FNO3. The highest BCUT2D eigenvalue weighted by Crippen LogP contribution is 2.42. The van der Waals surface area contributed by atoms with Crippen LogP contribution in [-0.4, -0.2) is 19.1 Å². The molecule has 0 spiro atoms. The average molecular weight is 355 g/mol. The maximum absolute atomic E-state index is 14.8. The van der Waals surface area contributed by atoms with Crippen LogP contribution < -0.4 is 14.4 Å². The molecule has 0 aromatic heterocycles. The SMILES string of the molecule is COc1cc(F)c(N2C(=O)c3ccccc3C2C)cc1OC1CCCC1. The van der Waals surface area contributed by atoms with Crippen LogP contribution in [0.15, 0.2) is 36.4 Å². The summed E-state index contributed by atoms with van der Waals surface area (Å²) in [5, 5.41) is 0. The molecule has 4 rings (SSSR count). The van der Waals surface area contributed by atoms with Crippen molar-refractivity contribution < 1.29 is 18.7 Å². The van der Waals surface area contributed by atoms with Gasteiger partial charge in [-0.1, -0.05) is 18.2 Å². The van der Waals surface area contributed by atoms with Crippen molar-refractivity contribution in [3.8, 4) is 11.5 Å². The number of anilines is 1. The molecule has 1 amide bonds. The van der Waals surface area contributed by atoms with E-state index in [-0.39, 0.29) is 23.7 Å². The van der Waals surface area contributed by atoms with Crippen LogP contribution in [0.2, 0.25) is 0 Å². The Hall–Kier alpha value is -2.56. The Kier molecular flexibility index (Phi) is 4.31. The second-order valence-corrected chi connectivity index (χ2v) is 6.92. The van der Waals surface area contributed by atoms with Gasteiger partial charge in [0.2, 0.25) is 0 Å². The Labute approximate surface area is 152 Å². The van der Waals surface area contributed by atoms with Crippen LogP contribution in [0.25, 0.3) is 0 Å². The van der Waals surface area contributed by atoms with E-state index in [2.05, 4.69) is 0 Å². The highest BCUT2D eigenvalue weighted by Gasteiger charge is 2.36. The third kappa shape index (κ3) is 2.71. The number of rotatable bonds is 4. The lowest BCUT2D eigenvalue weighted by atomic mass is 10.1. The predicted molar refractivity (Wildman–Crippen MR) is 97.5 cm³/mol. The van der Waals surface area contributed by atoms with Crippen LogP contribution in [0.1, 0.15) is 54.6 Å². The maximum atomic E-state index is 14.8. The molecule has 1 fully saturated rings. The number of carbonyl (C=O) groups excluding carboxylic acids is 1. The molecule has 2 aliphatic rings. The van der Waals surface area contributed by atoms with E-state index in [1.54, 1.807) is 12.1 Å². The molecule has 5 heteroatoms. The maximum Gasteiger partial charge on any atom is 0.259 e. The Balaban J connectivity index is 1.73. The molecule has 1 saturated carbocycles. The standard InChI is InChI=1S/C21H22FNO3/c1-13-15-9-5-6-10-16(15)21(24)23(13)18-12-20(19(25-2)11-17(18)22)26-14-7-3-4-8-14/h5-6,9-14H,3-4,7-8H2,1-2H3. The lowest BCUT2D eigenvalue weighted by Crippen LogP contribution is -2.27. The number of hydrogen-bond acceptors (Lipinski definition) is 3. The fraction of sp³-hybridized carbons (Fsp3) is 0.381. The normalized spacial score (nSPS) is 19.7. The first kappa shape index (κ1) is 16.9. The highest BCUT2D eigenvalue weighted by molar-refractivity contribution is 6.11. The van der Waals surface area contributed by atoms with Crippen molar-refractivity contribution >= 4 is 11.6 Å². The van der Waals surface area contributed by atoms with Crippen LogP contribution in [0, 0.1) is 5.82 Å². The van der Waals surface area contributed by atoms with E-state index in [0.717, 1.165) is 31.2 Å². The Morgan fingerprint density at radius 3 is 2.54 bits per heavy atom. The summed E-state index contributed by atoms with van der Waals surface area (Å²) in [5.74, 6) is 0.166. The third-order valence-electron chi connectivity index (χ3n) is 5.34.